The number of hydrogen-bond donors (Lipinski definition) is 3. The molecular weight excluding hydrogens is 463 g/mol. The molecule has 0 amide bonds. The average Bonchev–Trinajstić information content (AvgIpc) is 2.77. The van der Waals surface area contributed by atoms with Gasteiger partial charge in [0.05, 0.1) is 17.1 Å². The maximum absolute atomic E-state index is 10.9. The van der Waals surface area contributed by atoms with Crippen molar-refractivity contribution < 1.29 is 32.8 Å². The van der Waals surface area contributed by atoms with Crippen molar-refractivity contribution in [3.8, 4) is 0 Å². The molecule has 0 heterocycles. The fourth-order valence-electron chi connectivity index (χ4n) is 4.87. The van der Waals surface area contributed by atoms with Gasteiger partial charge in [-0.25, -0.2) is 0 Å². The van der Waals surface area contributed by atoms with Gasteiger partial charge in [0, 0.05) is 0 Å². The van der Waals surface area contributed by atoms with Crippen LogP contribution in [0.3, 0.4) is 0 Å². The molecule has 0 aromatic carbocycles. The minimum Gasteiger partial charge on any atom is -0.481 e. The largest absolute Gasteiger partial charge is 0.481 e. The first-order chi connectivity index (χ1) is 15.5. The normalized spacial score (nSPS) is 21.7. The fourth-order valence-corrected chi connectivity index (χ4v) is 11.7. The van der Waals surface area contributed by atoms with E-state index in [1.807, 2.05) is 0 Å². The molecule has 0 spiro atoms. The summed E-state index contributed by atoms with van der Waals surface area (Å²) in [4.78, 5) is 21.5. The van der Waals surface area contributed by atoms with Crippen molar-refractivity contribution in [2.75, 3.05) is 24.6 Å². The van der Waals surface area contributed by atoms with E-state index >= 15 is 0 Å². The molecule has 2 unspecified atom stereocenters. The third-order valence-electron chi connectivity index (χ3n) is 7.03. The molecule has 198 valence electrons. The molecule has 0 aliphatic heterocycles. The van der Waals surface area contributed by atoms with Crippen molar-refractivity contribution in [2.45, 2.75) is 104 Å². The zero-order valence-corrected chi connectivity index (χ0v) is 23.0. The van der Waals surface area contributed by atoms with Crippen molar-refractivity contribution in [3.05, 3.63) is 0 Å². The number of hydrogen-bond acceptors (Lipinski definition) is 4. The van der Waals surface area contributed by atoms with Crippen LogP contribution >= 0.6 is 7.26 Å². The van der Waals surface area contributed by atoms with E-state index in [0.717, 1.165) is 0 Å². The minimum absolute atomic E-state index is 0.101. The molecule has 2 atom stereocenters. The van der Waals surface area contributed by atoms with E-state index in [2.05, 4.69) is 27.7 Å². The topological polar surface area (TPSA) is 129 Å². The van der Waals surface area contributed by atoms with Crippen LogP contribution in [0.5, 0.6) is 0 Å². The first-order valence-corrected chi connectivity index (χ1v) is 17.2. The summed E-state index contributed by atoms with van der Waals surface area (Å²) in [5.41, 5.74) is 0. The third-order valence-corrected chi connectivity index (χ3v) is 13.9. The van der Waals surface area contributed by atoms with Gasteiger partial charge in [-0.2, -0.15) is 8.42 Å². The zero-order valence-electron chi connectivity index (χ0n) is 21.2. The quantitative estimate of drug-likeness (QED) is 0.188. The van der Waals surface area contributed by atoms with Crippen molar-refractivity contribution in [1.29, 1.82) is 0 Å². The first kappa shape index (κ1) is 32.3. The second kappa shape index (κ2) is 16.8. The smallest absolute Gasteiger partial charge is 0.306 e. The van der Waals surface area contributed by atoms with Crippen LogP contribution in [0.2, 0.25) is 0 Å². The van der Waals surface area contributed by atoms with Gasteiger partial charge < -0.3 is 10.2 Å². The summed E-state index contributed by atoms with van der Waals surface area (Å²) < 4.78 is 30.6. The Hall–Kier alpha value is -0.720. The van der Waals surface area contributed by atoms with E-state index in [9.17, 15) is 18.0 Å². The van der Waals surface area contributed by atoms with Crippen LogP contribution in [0.1, 0.15) is 98.3 Å². The van der Waals surface area contributed by atoms with Gasteiger partial charge in [-0.1, -0.05) is 0 Å². The van der Waals surface area contributed by atoms with Gasteiger partial charge in [-0.05, 0) is 19.3 Å². The van der Waals surface area contributed by atoms with Gasteiger partial charge in [-0.3, -0.25) is 14.1 Å². The van der Waals surface area contributed by atoms with Crippen LogP contribution in [-0.2, 0) is 19.7 Å². The summed E-state index contributed by atoms with van der Waals surface area (Å²) in [6, 6.07) is 0. The van der Waals surface area contributed by atoms with E-state index in [4.69, 9.17) is 14.8 Å². The predicted octanol–water partition coefficient (Wildman–Crippen LogP) is 5.77. The predicted molar refractivity (Wildman–Crippen MR) is 139 cm³/mol. The van der Waals surface area contributed by atoms with Crippen LogP contribution in [0.4, 0.5) is 0 Å². The molecule has 1 aliphatic rings. The third kappa shape index (κ3) is 13.1. The van der Waals surface area contributed by atoms with Gasteiger partial charge in [0.25, 0.3) is 10.1 Å². The summed E-state index contributed by atoms with van der Waals surface area (Å²) in [6.45, 7) is 9.44. The Labute approximate surface area is 202 Å². The number of carboxylic acid groups (broad SMARTS) is 2. The van der Waals surface area contributed by atoms with Crippen LogP contribution in [0.25, 0.3) is 0 Å². The molecule has 0 bridgehead atoms. The monoisotopic (exact) mass is 512 g/mol. The van der Waals surface area contributed by atoms with Crippen LogP contribution in [-0.4, -0.2) is 65.0 Å². The minimum atomic E-state index is -4.39. The van der Waals surface area contributed by atoms with Gasteiger partial charge in [-0.15, -0.1) is 0 Å². The molecule has 7 nitrogen and oxygen atoms in total. The van der Waals surface area contributed by atoms with E-state index in [-0.39, 0.29) is 19.3 Å². The number of carboxylic acids is 2. The molecule has 0 aromatic heterocycles. The van der Waals surface area contributed by atoms with Crippen molar-refractivity contribution >= 4 is 29.3 Å². The molecule has 1 fully saturated rings. The van der Waals surface area contributed by atoms with Gasteiger partial charge in [0.1, 0.15) is 0 Å². The first-order valence-electron chi connectivity index (χ1n) is 12.9. The van der Waals surface area contributed by atoms with Crippen molar-refractivity contribution in [1.82, 2.24) is 0 Å². The Morgan fingerprint density at radius 2 is 1.00 bits per heavy atom. The van der Waals surface area contributed by atoms with Crippen LogP contribution in [0, 0.1) is 11.8 Å². The van der Waals surface area contributed by atoms with Crippen molar-refractivity contribution in [2.24, 2.45) is 11.8 Å². The van der Waals surface area contributed by atoms with E-state index in [1.54, 1.807) is 24.6 Å². The zero-order chi connectivity index (χ0) is 25.5. The molecule has 1 rings (SSSR count). The van der Waals surface area contributed by atoms with Gasteiger partial charge in [0.15, 0.2) is 0 Å². The van der Waals surface area contributed by atoms with E-state index < -0.39 is 46.4 Å². The van der Waals surface area contributed by atoms with Gasteiger partial charge in [0.2, 0.25) is 0 Å². The Kier molecular flexibility index (Phi) is 16.5. The number of carbonyl (C=O) groups is 2. The standard InChI is InChI=1S/C16H37P.C8H12O7S/c1-5-9-13-17(14-10-6-2,15-11-7-3)16-12-8-4;9-7(10)4-1-5(8(11)12)3-6(2-4)16(13,14)15/h17H,5-16H2,1-4H3;4-6H,1-3H2,(H,9,10)(H,11,12)(H,13,14,15). The maximum atomic E-state index is 10.9. The van der Waals surface area contributed by atoms with Crippen LogP contribution < -0.4 is 0 Å². The summed E-state index contributed by atoms with van der Waals surface area (Å²) >= 11 is 0. The molecule has 0 radical (unpaired) electrons. The Balaban J connectivity index is 0.000000621. The Morgan fingerprint density at radius 1 is 0.697 bits per heavy atom. The Morgan fingerprint density at radius 3 is 1.21 bits per heavy atom. The molecule has 3 N–H and O–H groups in total. The second-order valence-corrected chi connectivity index (χ2v) is 16.5. The summed E-state index contributed by atoms with van der Waals surface area (Å²) in [7, 11) is -5.26. The molecule has 1 aliphatic carbocycles. The van der Waals surface area contributed by atoms with Crippen molar-refractivity contribution in [3.63, 3.8) is 0 Å². The fraction of sp³-hybridized carbons (Fsp3) is 0.917. The number of unbranched alkanes of at least 4 members (excludes halogenated alkanes) is 4. The molecule has 9 heteroatoms. The molecule has 0 aromatic rings. The summed E-state index contributed by atoms with van der Waals surface area (Å²) in [6.07, 6.45) is 17.6. The maximum Gasteiger partial charge on any atom is 0.306 e. The molecule has 0 saturated heterocycles. The SMILES string of the molecule is CCCC[PH](CCCC)(CCCC)CCCC.O=C(O)C1CC(C(=O)O)CC(S(=O)(=O)O)C1. The van der Waals surface area contributed by atoms with Crippen LogP contribution in [0.15, 0.2) is 0 Å². The molecular formula is C24H49O7PS. The summed E-state index contributed by atoms with van der Waals surface area (Å²) in [5.74, 6) is -4.55. The van der Waals surface area contributed by atoms with Gasteiger partial charge >= 0.3 is 123 Å². The van der Waals surface area contributed by atoms with E-state index in [0.29, 0.717) is 0 Å². The molecule has 33 heavy (non-hydrogen) atoms. The van der Waals surface area contributed by atoms with E-state index in [1.165, 1.54) is 51.4 Å². The summed E-state index contributed by atoms with van der Waals surface area (Å²) in [5, 5.41) is 16.2. The number of rotatable bonds is 15. The second-order valence-electron chi connectivity index (χ2n) is 9.83. The average molecular weight is 513 g/mol. The number of aliphatic carboxylic acids is 2. The Bertz CT molecular complexity index is 606. The molecule has 1 saturated carbocycles.